The molecule has 2 aromatic rings. The van der Waals surface area contributed by atoms with Gasteiger partial charge in [0.2, 0.25) is 0 Å². The van der Waals surface area contributed by atoms with Crippen LogP contribution >= 0.6 is 0 Å². The van der Waals surface area contributed by atoms with E-state index in [2.05, 4.69) is 10.1 Å². The van der Waals surface area contributed by atoms with Crippen LogP contribution in [0.1, 0.15) is 40.8 Å². The summed E-state index contributed by atoms with van der Waals surface area (Å²) in [5, 5.41) is 3.89. The van der Waals surface area contributed by atoms with Crippen LogP contribution in [-0.2, 0) is 0 Å². The standard InChI is InChI=1S/C13H16N4O2/c1-8-5-12(19-16-8)11-3-2-4-17(11)13(18)10-6-9(14)7-15-10/h5-7,11,15H,2-4,14H2,1H3. The van der Waals surface area contributed by atoms with E-state index in [1.807, 2.05) is 17.9 Å². The first-order valence-corrected chi connectivity index (χ1v) is 6.33. The van der Waals surface area contributed by atoms with E-state index in [4.69, 9.17) is 10.3 Å². The Morgan fingerprint density at radius 3 is 3.05 bits per heavy atom. The Kier molecular flexibility index (Phi) is 2.77. The summed E-state index contributed by atoms with van der Waals surface area (Å²) in [6.07, 6.45) is 3.49. The van der Waals surface area contributed by atoms with Gasteiger partial charge in [0.05, 0.1) is 11.7 Å². The van der Waals surface area contributed by atoms with Crippen LogP contribution in [0, 0.1) is 6.92 Å². The third-order valence-corrected chi connectivity index (χ3v) is 3.42. The van der Waals surface area contributed by atoms with Gasteiger partial charge in [-0.25, -0.2) is 0 Å². The van der Waals surface area contributed by atoms with Crippen molar-refractivity contribution in [3.05, 3.63) is 35.5 Å². The minimum Gasteiger partial charge on any atom is -0.397 e. The van der Waals surface area contributed by atoms with Gasteiger partial charge < -0.3 is 20.1 Å². The molecule has 19 heavy (non-hydrogen) atoms. The highest BCUT2D eigenvalue weighted by molar-refractivity contribution is 5.93. The van der Waals surface area contributed by atoms with E-state index in [1.165, 1.54) is 0 Å². The number of nitrogens with zero attached hydrogens (tertiary/aromatic N) is 2. The second-order valence-corrected chi connectivity index (χ2v) is 4.87. The highest BCUT2D eigenvalue weighted by Crippen LogP contribution is 2.33. The number of carbonyl (C=O) groups excluding carboxylic acids is 1. The van der Waals surface area contributed by atoms with Crippen LogP contribution < -0.4 is 5.73 Å². The van der Waals surface area contributed by atoms with Crippen LogP contribution in [0.2, 0.25) is 0 Å². The van der Waals surface area contributed by atoms with Crippen molar-refractivity contribution >= 4 is 11.6 Å². The molecule has 3 rings (SSSR count). The summed E-state index contributed by atoms with van der Waals surface area (Å²) < 4.78 is 5.29. The van der Waals surface area contributed by atoms with Crippen molar-refractivity contribution in [1.29, 1.82) is 0 Å². The highest BCUT2D eigenvalue weighted by atomic mass is 16.5. The molecule has 0 saturated carbocycles. The van der Waals surface area contributed by atoms with E-state index in [0.29, 0.717) is 11.4 Å². The molecule has 0 spiro atoms. The maximum atomic E-state index is 12.4. The number of aromatic nitrogens is 2. The number of carbonyl (C=O) groups is 1. The van der Waals surface area contributed by atoms with Gasteiger partial charge in [0.1, 0.15) is 5.69 Å². The third kappa shape index (κ3) is 2.09. The van der Waals surface area contributed by atoms with Crippen LogP contribution in [0.4, 0.5) is 5.69 Å². The van der Waals surface area contributed by atoms with E-state index >= 15 is 0 Å². The highest BCUT2D eigenvalue weighted by Gasteiger charge is 2.33. The molecule has 1 saturated heterocycles. The molecule has 3 N–H and O–H groups in total. The number of H-pyrrole nitrogens is 1. The zero-order valence-electron chi connectivity index (χ0n) is 10.7. The fourth-order valence-corrected chi connectivity index (χ4v) is 2.54. The van der Waals surface area contributed by atoms with E-state index in [1.54, 1.807) is 12.3 Å². The Hall–Kier alpha value is -2.24. The fourth-order valence-electron chi connectivity index (χ4n) is 2.54. The van der Waals surface area contributed by atoms with Crippen LogP contribution in [0.3, 0.4) is 0 Å². The van der Waals surface area contributed by atoms with Crippen molar-refractivity contribution in [2.75, 3.05) is 12.3 Å². The number of nitrogens with one attached hydrogen (secondary N) is 1. The smallest absolute Gasteiger partial charge is 0.270 e. The molecule has 1 unspecified atom stereocenters. The molecule has 100 valence electrons. The first-order valence-electron chi connectivity index (χ1n) is 6.33. The molecule has 1 amide bonds. The van der Waals surface area contributed by atoms with E-state index in [9.17, 15) is 4.79 Å². The van der Waals surface area contributed by atoms with Crippen molar-refractivity contribution in [3.8, 4) is 0 Å². The molecule has 0 aromatic carbocycles. The molecular weight excluding hydrogens is 244 g/mol. The molecular formula is C13H16N4O2. The van der Waals surface area contributed by atoms with Gasteiger partial charge in [0.25, 0.3) is 5.91 Å². The molecule has 3 heterocycles. The van der Waals surface area contributed by atoms with Crippen molar-refractivity contribution in [2.24, 2.45) is 0 Å². The first kappa shape index (κ1) is 11.8. The van der Waals surface area contributed by atoms with Gasteiger partial charge in [-0.2, -0.15) is 0 Å². The minimum atomic E-state index is -0.0479. The van der Waals surface area contributed by atoms with Crippen molar-refractivity contribution < 1.29 is 9.32 Å². The summed E-state index contributed by atoms with van der Waals surface area (Å²) in [7, 11) is 0. The SMILES string of the molecule is Cc1cc(C2CCCN2C(=O)c2cc(N)c[nH]2)on1. The van der Waals surface area contributed by atoms with Gasteiger partial charge in [0, 0.05) is 24.5 Å². The largest absolute Gasteiger partial charge is 0.397 e. The lowest BCUT2D eigenvalue weighted by Crippen LogP contribution is -2.30. The molecule has 6 heteroatoms. The van der Waals surface area contributed by atoms with Crippen LogP contribution in [0.15, 0.2) is 22.9 Å². The monoisotopic (exact) mass is 260 g/mol. The number of aryl methyl sites for hydroxylation is 1. The number of likely N-dealkylation sites (tertiary alicyclic amines) is 1. The first-order chi connectivity index (χ1) is 9.15. The lowest BCUT2D eigenvalue weighted by Gasteiger charge is -2.21. The van der Waals surface area contributed by atoms with Gasteiger partial charge in [-0.15, -0.1) is 0 Å². The number of amides is 1. The quantitative estimate of drug-likeness (QED) is 0.862. The van der Waals surface area contributed by atoms with Crippen molar-refractivity contribution in [3.63, 3.8) is 0 Å². The maximum Gasteiger partial charge on any atom is 0.270 e. The van der Waals surface area contributed by atoms with E-state index in [0.717, 1.165) is 30.8 Å². The molecule has 1 aliphatic rings. The molecule has 1 aliphatic heterocycles. The van der Waals surface area contributed by atoms with Crippen LogP contribution in [-0.4, -0.2) is 27.5 Å². The van der Waals surface area contributed by atoms with Gasteiger partial charge in [-0.05, 0) is 25.8 Å². The second kappa shape index (κ2) is 4.46. The van der Waals surface area contributed by atoms with Gasteiger partial charge in [-0.1, -0.05) is 5.16 Å². The third-order valence-electron chi connectivity index (χ3n) is 3.42. The molecule has 0 bridgehead atoms. The van der Waals surface area contributed by atoms with Crippen molar-refractivity contribution in [2.45, 2.75) is 25.8 Å². The van der Waals surface area contributed by atoms with E-state index in [-0.39, 0.29) is 11.9 Å². The van der Waals surface area contributed by atoms with Crippen molar-refractivity contribution in [1.82, 2.24) is 15.0 Å². The van der Waals surface area contributed by atoms with Crippen LogP contribution in [0.25, 0.3) is 0 Å². The number of rotatable bonds is 2. The summed E-state index contributed by atoms with van der Waals surface area (Å²) in [5.41, 5.74) is 7.54. The molecule has 0 radical (unpaired) electrons. The zero-order chi connectivity index (χ0) is 13.4. The Morgan fingerprint density at radius 2 is 2.42 bits per heavy atom. The lowest BCUT2D eigenvalue weighted by molar-refractivity contribution is 0.0709. The topological polar surface area (TPSA) is 88.1 Å². The second-order valence-electron chi connectivity index (χ2n) is 4.87. The normalized spacial score (nSPS) is 19.0. The molecule has 0 aliphatic carbocycles. The Bertz CT molecular complexity index is 601. The Labute approximate surface area is 110 Å². The fraction of sp³-hybridized carbons (Fsp3) is 0.385. The summed E-state index contributed by atoms with van der Waals surface area (Å²) >= 11 is 0. The molecule has 6 nitrogen and oxygen atoms in total. The van der Waals surface area contributed by atoms with Gasteiger partial charge >= 0.3 is 0 Å². The summed E-state index contributed by atoms with van der Waals surface area (Å²) in [4.78, 5) is 17.1. The molecule has 2 aromatic heterocycles. The zero-order valence-corrected chi connectivity index (χ0v) is 10.7. The summed E-state index contributed by atoms with van der Waals surface area (Å²) in [5.74, 6) is 0.705. The molecule has 1 fully saturated rings. The van der Waals surface area contributed by atoms with E-state index < -0.39 is 0 Å². The lowest BCUT2D eigenvalue weighted by atomic mass is 10.1. The predicted molar refractivity (Wildman–Crippen MR) is 69.5 cm³/mol. The Morgan fingerprint density at radius 1 is 1.58 bits per heavy atom. The van der Waals surface area contributed by atoms with Gasteiger partial charge in [-0.3, -0.25) is 4.79 Å². The maximum absolute atomic E-state index is 12.4. The number of aromatic amines is 1. The van der Waals surface area contributed by atoms with Gasteiger partial charge in [0.15, 0.2) is 5.76 Å². The number of nitrogens with two attached hydrogens (primary N) is 1. The van der Waals surface area contributed by atoms with Crippen LogP contribution in [0.5, 0.6) is 0 Å². The average Bonchev–Trinajstić information content (AvgIpc) is 3.07. The number of nitrogen functional groups attached to an aromatic ring is 1. The number of anilines is 1. The average molecular weight is 260 g/mol. The molecule has 1 atom stereocenters. The minimum absolute atomic E-state index is 0.0294. The Balaban J connectivity index is 1.85. The summed E-state index contributed by atoms with van der Waals surface area (Å²) in [6, 6.07) is 3.51. The number of hydrogen-bond acceptors (Lipinski definition) is 4. The predicted octanol–water partition coefficient (Wildman–Crippen LogP) is 1.87. The summed E-state index contributed by atoms with van der Waals surface area (Å²) in [6.45, 7) is 2.60. The number of hydrogen-bond donors (Lipinski definition) is 2.